The van der Waals surface area contributed by atoms with E-state index in [0.29, 0.717) is 0 Å². The van der Waals surface area contributed by atoms with E-state index in [0.717, 1.165) is 18.5 Å². The second-order valence-electron chi connectivity index (χ2n) is 4.62. The molecule has 84 valence electrons. The van der Waals surface area contributed by atoms with E-state index in [1.807, 2.05) is 0 Å². The maximum absolute atomic E-state index is 5.80. The number of nitrogens with zero attached hydrogens (tertiary/aromatic N) is 1. The zero-order valence-corrected chi connectivity index (χ0v) is 9.84. The van der Waals surface area contributed by atoms with Crippen molar-refractivity contribution in [2.24, 2.45) is 11.7 Å². The van der Waals surface area contributed by atoms with Crippen molar-refractivity contribution in [1.82, 2.24) is 4.90 Å². The van der Waals surface area contributed by atoms with Gasteiger partial charge in [-0.1, -0.05) is 20.3 Å². The zero-order chi connectivity index (χ0) is 10.4. The first kappa shape index (κ1) is 12.0. The van der Waals surface area contributed by atoms with Crippen molar-refractivity contribution in [3.63, 3.8) is 0 Å². The fourth-order valence-corrected chi connectivity index (χ4v) is 2.17. The number of rotatable bonds is 8. The van der Waals surface area contributed by atoms with Crippen molar-refractivity contribution < 1.29 is 0 Å². The standard InChI is InChI=1S/C12H26N2/c1-3-5-11(9-13)10-14(8-4-2)12-6-7-12/h11-12H,3-10,13H2,1-2H3. The van der Waals surface area contributed by atoms with Gasteiger partial charge in [0.05, 0.1) is 0 Å². The molecule has 1 rings (SSSR count). The summed E-state index contributed by atoms with van der Waals surface area (Å²) in [4.78, 5) is 2.66. The highest BCUT2D eigenvalue weighted by Gasteiger charge is 2.29. The predicted octanol–water partition coefficient (Wildman–Crippen LogP) is 2.24. The first-order valence-corrected chi connectivity index (χ1v) is 6.25. The zero-order valence-electron chi connectivity index (χ0n) is 9.84. The van der Waals surface area contributed by atoms with Crippen LogP contribution in [0.5, 0.6) is 0 Å². The quantitative estimate of drug-likeness (QED) is 0.648. The second kappa shape index (κ2) is 6.41. The molecule has 2 nitrogen and oxygen atoms in total. The van der Waals surface area contributed by atoms with Crippen molar-refractivity contribution in [3.8, 4) is 0 Å². The van der Waals surface area contributed by atoms with E-state index in [1.165, 1.54) is 45.2 Å². The number of hydrogen-bond donors (Lipinski definition) is 1. The molecule has 0 aromatic carbocycles. The van der Waals surface area contributed by atoms with Crippen LogP contribution in [0.2, 0.25) is 0 Å². The van der Waals surface area contributed by atoms with Crippen LogP contribution in [0.4, 0.5) is 0 Å². The topological polar surface area (TPSA) is 29.3 Å². The van der Waals surface area contributed by atoms with Gasteiger partial charge in [0.15, 0.2) is 0 Å². The average Bonchev–Trinajstić information content (AvgIpc) is 2.99. The van der Waals surface area contributed by atoms with Crippen LogP contribution in [-0.4, -0.2) is 30.6 Å². The molecule has 0 aromatic heterocycles. The van der Waals surface area contributed by atoms with E-state index in [9.17, 15) is 0 Å². The maximum Gasteiger partial charge on any atom is 0.00965 e. The molecule has 14 heavy (non-hydrogen) atoms. The second-order valence-corrected chi connectivity index (χ2v) is 4.62. The molecule has 1 atom stereocenters. The molecule has 1 aliphatic carbocycles. The Kier molecular flexibility index (Phi) is 5.49. The van der Waals surface area contributed by atoms with Gasteiger partial charge in [0.1, 0.15) is 0 Å². The van der Waals surface area contributed by atoms with E-state index in [1.54, 1.807) is 0 Å². The molecule has 0 aliphatic heterocycles. The van der Waals surface area contributed by atoms with Crippen molar-refractivity contribution in [2.75, 3.05) is 19.6 Å². The van der Waals surface area contributed by atoms with Gasteiger partial charge >= 0.3 is 0 Å². The fourth-order valence-electron chi connectivity index (χ4n) is 2.17. The average molecular weight is 198 g/mol. The van der Waals surface area contributed by atoms with E-state index in [2.05, 4.69) is 18.7 Å². The van der Waals surface area contributed by atoms with E-state index in [4.69, 9.17) is 5.73 Å². The molecular formula is C12H26N2. The molecule has 0 amide bonds. The third-order valence-electron chi connectivity index (χ3n) is 3.10. The summed E-state index contributed by atoms with van der Waals surface area (Å²) >= 11 is 0. The van der Waals surface area contributed by atoms with Gasteiger partial charge in [-0.05, 0) is 44.7 Å². The third kappa shape index (κ3) is 3.97. The van der Waals surface area contributed by atoms with Crippen molar-refractivity contribution in [1.29, 1.82) is 0 Å². The van der Waals surface area contributed by atoms with Gasteiger partial charge in [0, 0.05) is 12.6 Å². The number of hydrogen-bond acceptors (Lipinski definition) is 2. The summed E-state index contributed by atoms with van der Waals surface area (Å²) in [5.74, 6) is 0.729. The van der Waals surface area contributed by atoms with Gasteiger partial charge in [0.2, 0.25) is 0 Å². The summed E-state index contributed by atoms with van der Waals surface area (Å²) < 4.78 is 0. The van der Waals surface area contributed by atoms with Gasteiger partial charge in [0.25, 0.3) is 0 Å². The van der Waals surface area contributed by atoms with E-state index >= 15 is 0 Å². The minimum absolute atomic E-state index is 0.729. The van der Waals surface area contributed by atoms with Crippen molar-refractivity contribution in [2.45, 2.75) is 52.0 Å². The molecule has 2 N–H and O–H groups in total. The van der Waals surface area contributed by atoms with Crippen LogP contribution in [0.1, 0.15) is 46.0 Å². The lowest BCUT2D eigenvalue weighted by molar-refractivity contribution is 0.217. The van der Waals surface area contributed by atoms with Crippen LogP contribution in [0, 0.1) is 5.92 Å². The largest absolute Gasteiger partial charge is 0.330 e. The molecule has 1 unspecified atom stereocenters. The Bertz CT molecular complexity index is 143. The first-order valence-electron chi connectivity index (χ1n) is 6.25. The highest BCUT2D eigenvalue weighted by atomic mass is 15.2. The lowest BCUT2D eigenvalue weighted by atomic mass is 10.0. The highest BCUT2D eigenvalue weighted by Crippen LogP contribution is 2.28. The normalized spacial score (nSPS) is 18.9. The molecule has 2 heteroatoms. The summed E-state index contributed by atoms with van der Waals surface area (Å²) in [7, 11) is 0. The fraction of sp³-hybridized carbons (Fsp3) is 1.00. The molecule has 0 radical (unpaired) electrons. The Hall–Kier alpha value is -0.0800. The molecule has 1 aliphatic rings. The van der Waals surface area contributed by atoms with Gasteiger partial charge < -0.3 is 10.6 Å². The summed E-state index contributed by atoms with van der Waals surface area (Å²) in [5, 5.41) is 0. The molecule has 0 saturated heterocycles. The smallest absolute Gasteiger partial charge is 0.00965 e. The molecular weight excluding hydrogens is 172 g/mol. The Morgan fingerprint density at radius 3 is 2.43 bits per heavy atom. The van der Waals surface area contributed by atoms with E-state index < -0.39 is 0 Å². The summed E-state index contributed by atoms with van der Waals surface area (Å²) in [5.41, 5.74) is 5.80. The van der Waals surface area contributed by atoms with Crippen LogP contribution in [0.15, 0.2) is 0 Å². The Morgan fingerprint density at radius 2 is 2.00 bits per heavy atom. The molecule has 1 saturated carbocycles. The summed E-state index contributed by atoms with van der Waals surface area (Å²) in [6, 6.07) is 0.904. The van der Waals surface area contributed by atoms with Crippen LogP contribution in [-0.2, 0) is 0 Å². The molecule has 0 bridgehead atoms. The first-order chi connectivity index (χ1) is 6.81. The monoisotopic (exact) mass is 198 g/mol. The minimum Gasteiger partial charge on any atom is -0.330 e. The van der Waals surface area contributed by atoms with Crippen LogP contribution < -0.4 is 5.73 Å². The lowest BCUT2D eigenvalue weighted by Gasteiger charge is -2.26. The Labute approximate surface area is 88.8 Å². The predicted molar refractivity (Wildman–Crippen MR) is 62.3 cm³/mol. The lowest BCUT2D eigenvalue weighted by Crippen LogP contribution is -2.35. The SMILES string of the molecule is CCCC(CN)CN(CCC)C1CC1. The Balaban J connectivity index is 2.27. The summed E-state index contributed by atoms with van der Waals surface area (Å²) in [6.07, 6.45) is 6.68. The van der Waals surface area contributed by atoms with Crippen LogP contribution in [0.25, 0.3) is 0 Å². The molecule has 1 fully saturated rings. The van der Waals surface area contributed by atoms with Gasteiger partial charge in [-0.2, -0.15) is 0 Å². The molecule has 0 aromatic rings. The van der Waals surface area contributed by atoms with Crippen LogP contribution in [0.3, 0.4) is 0 Å². The molecule has 0 heterocycles. The van der Waals surface area contributed by atoms with Gasteiger partial charge in [-0.15, -0.1) is 0 Å². The molecule has 0 spiro atoms. The van der Waals surface area contributed by atoms with Gasteiger partial charge in [-0.25, -0.2) is 0 Å². The van der Waals surface area contributed by atoms with Crippen molar-refractivity contribution in [3.05, 3.63) is 0 Å². The number of nitrogens with two attached hydrogens (primary N) is 1. The maximum atomic E-state index is 5.80. The third-order valence-corrected chi connectivity index (χ3v) is 3.10. The van der Waals surface area contributed by atoms with Crippen LogP contribution >= 0.6 is 0 Å². The Morgan fingerprint density at radius 1 is 1.29 bits per heavy atom. The van der Waals surface area contributed by atoms with Gasteiger partial charge in [-0.3, -0.25) is 0 Å². The summed E-state index contributed by atoms with van der Waals surface area (Å²) in [6.45, 7) is 7.89. The van der Waals surface area contributed by atoms with E-state index in [-0.39, 0.29) is 0 Å². The minimum atomic E-state index is 0.729. The van der Waals surface area contributed by atoms with Crippen molar-refractivity contribution >= 4 is 0 Å². The highest BCUT2D eigenvalue weighted by molar-refractivity contribution is 4.85.